The van der Waals surface area contributed by atoms with Crippen molar-refractivity contribution in [1.29, 1.82) is 0 Å². The van der Waals surface area contributed by atoms with Crippen molar-refractivity contribution in [2.24, 2.45) is 0 Å². The van der Waals surface area contributed by atoms with Gasteiger partial charge in [-0.15, -0.1) is 54.5 Å². The molecule has 0 nitrogen and oxygen atoms in total. The average Bonchev–Trinajstić information content (AvgIpc) is 3.69. The van der Waals surface area contributed by atoms with Gasteiger partial charge in [0, 0.05) is 35.7 Å². The number of halogens is 2. The summed E-state index contributed by atoms with van der Waals surface area (Å²) in [7, 11) is 1.91. The zero-order valence-corrected chi connectivity index (χ0v) is 27.8. The van der Waals surface area contributed by atoms with Crippen LogP contribution in [0.5, 0.6) is 0 Å². The van der Waals surface area contributed by atoms with E-state index in [0.29, 0.717) is 0 Å². The molecule has 0 aliphatic carbocycles. The second-order valence-electron chi connectivity index (χ2n) is 6.70. The third-order valence-electron chi connectivity index (χ3n) is 3.81. The Morgan fingerprint density at radius 3 is 1.29 bits per heavy atom. The van der Waals surface area contributed by atoms with Crippen molar-refractivity contribution in [2.45, 2.75) is 13.1 Å². The molecule has 0 aliphatic rings. The zero-order valence-electron chi connectivity index (χ0n) is 21.8. The van der Waals surface area contributed by atoms with Crippen molar-refractivity contribution in [2.75, 3.05) is 0 Å². The van der Waals surface area contributed by atoms with Crippen LogP contribution in [0.3, 0.4) is 0 Å². The molecular weight excluding hydrogens is 618 g/mol. The van der Waals surface area contributed by atoms with Crippen molar-refractivity contribution in [3.8, 4) is 0 Å². The van der Waals surface area contributed by atoms with Gasteiger partial charge in [0.05, 0.1) is 0 Å². The maximum atomic E-state index is 3.01. The Morgan fingerprint density at radius 1 is 0.579 bits per heavy atom. The quantitative estimate of drug-likeness (QED) is 0.113. The zero-order chi connectivity index (χ0) is 25.1. The van der Waals surface area contributed by atoms with Crippen LogP contribution in [0.1, 0.15) is 0 Å². The van der Waals surface area contributed by atoms with Gasteiger partial charge >= 0.3 is 0 Å². The first-order valence-corrected chi connectivity index (χ1v) is 14.4. The van der Waals surface area contributed by atoms with Gasteiger partial charge in [-0.05, 0) is 0 Å². The standard InChI is InChI=1S/C9H7.3C6H5.C4H4P.C2H6Si.2ClH.Zr/c1-2-5-9-7-3-6-8(9)4-1;3*1-2-4-6-5-3-1;1-2-4-5-3-1;1-3-2;;;/h1-7H;3*1-5H;1-3,5H;1-2H3;2*1H;/q5*-1;;;;. The van der Waals surface area contributed by atoms with Crippen LogP contribution < -0.4 is 0 Å². The molecule has 0 spiro atoms. The number of benzene rings is 4. The predicted molar refractivity (Wildman–Crippen MR) is 172 cm³/mol. The maximum Gasteiger partial charge on any atom is 0.0307 e. The van der Waals surface area contributed by atoms with Gasteiger partial charge < -0.3 is 0 Å². The number of hydrogen-bond acceptors (Lipinski definition) is 0. The molecule has 5 heteroatoms. The van der Waals surface area contributed by atoms with Gasteiger partial charge in [0.25, 0.3) is 0 Å². The number of rotatable bonds is 0. The van der Waals surface area contributed by atoms with Crippen molar-refractivity contribution < 1.29 is 26.2 Å². The summed E-state index contributed by atoms with van der Waals surface area (Å²) in [5.74, 6) is 5.11. The first-order valence-electron chi connectivity index (χ1n) is 11.3. The summed E-state index contributed by atoms with van der Waals surface area (Å²) in [5, 5.41) is 2.66. The summed E-state index contributed by atoms with van der Waals surface area (Å²) in [6.45, 7) is 4.31. The predicted octanol–water partition coefficient (Wildman–Crippen LogP) is 10.2. The molecule has 1 unspecified atom stereocenters. The molecular formula is C33H34Cl2PSiZr-5. The van der Waals surface area contributed by atoms with Gasteiger partial charge in [-0.1, -0.05) is 19.2 Å². The van der Waals surface area contributed by atoms with Crippen LogP contribution in [0.15, 0.2) is 151 Å². The van der Waals surface area contributed by atoms with E-state index >= 15 is 0 Å². The van der Waals surface area contributed by atoms with Crippen LogP contribution in [0.25, 0.3) is 10.8 Å². The molecule has 0 fully saturated rings. The van der Waals surface area contributed by atoms with E-state index in [1.807, 2.05) is 103 Å². The fraction of sp³-hybridized carbons (Fsp3) is 0.0606. The topological polar surface area (TPSA) is 0 Å². The Bertz CT molecular complexity index is 934. The molecule has 198 valence electrons. The van der Waals surface area contributed by atoms with Gasteiger partial charge in [-0.3, -0.25) is 8.19 Å². The molecule has 1 heterocycles. The molecule has 0 bridgehead atoms. The summed E-state index contributed by atoms with van der Waals surface area (Å²) < 4.78 is 0. The molecule has 1 aromatic heterocycles. The average molecular weight is 652 g/mol. The molecule has 0 amide bonds. The second-order valence-corrected chi connectivity index (χ2v) is 8.61. The molecule has 0 saturated carbocycles. The molecule has 0 saturated heterocycles. The van der Waals surface area contributed by atoms with Crippen LogP contribution in [0.4, 0.5) is 0 Å². The van der Waals surface area contributed by atoms with E-state index in [2.05, 4.69) is 85.4 Å². The largest absolute Gasteiger partial charge is 0.271 e. The summed E-state index contributed by atoms with van der Waals surface area (Å²) in [6, 6.07) is 56.1. The monoisotopic (exact) mass is 649 g/mol. The van der Waals surface area contributed by atoms with Crippen LogP contribution in [0.2, 0.25) is 13.1 Å². The van der Waals surface area contributed by atoms with Gasteiger partial charge in [-0.25, -0.2) is 6.07 Å². The van der Waals surface area contributed by atoms with Crippen molar-refractivity contribution in [3.63, 3.8) is 0 Å². The fourth-order valence-electron chi connectivity index (χ4n) is 2.34. The molecule has 0 aliphatic heterocycles. The van der Waals surface area contributed by atoms with Crippen LogP contribution >= 0.6 is 33.0 Å². The summed E-state index contributed by atoms with van der Waals surface area (Å²) in [5.41, 5.74) is 0. The Morgan fingerprint density at radius 2 is 1.03 bits per heavy atom. The van der Waals surface area contributed by atoms with Crippen molar-refractivity contribution in [3.05, 3.63) is 175 Å². The fourth-order valence-corrected chi connectivity index (χ4v) is 2.82. The normalized spacial score (nSPS) is 7.95. The number of fused-ring (bicyclic) bond motifs is 1. The van der Waals surface area contributed by atoms with E-state index < -0.39 is 0 Å². The first-order chi connectivity index (χ1) is 17.4. The third kappa shape index (κ3) is 25.6. The minimum atomic E-state index is 0. The summed E-state index contributed by atoms with van der Waals surface area (Å²) in [6.07, 6.45) is 0. The van der Waals surface area contributed by atoms with E-state index in [1.54, 1.807) is 0 Å². The van der Waals surface area contributed by atoms with Gasteiger partial charge in [0.1, 0.15) is 0 Å². The molecule has 5 aromatic carbocycles. The minimum Gasteiger partial charge on any atom is -0.271 e. The molecule has 1 atom stereocenters. The van der Waals surface area contributed by atoms with Gasteiger partial charge in [0.2, 0.25) is 0 Å². The van der Waals surface area contributed by atoms with Gasteiger partial charge in [0.15, 0.2) is 0 Å². The van der Waals surface area contributed by atoms with E-state index in [9.17, 15) is 0 Å². The molecule has 6 rings (SSSR count). The first kappa shape index (κ1) is 40.4. The molecule has 0 N–H and O–H groups in total. The Labute approximate surface area is 266 Å². The maximum absolute atomic E-state index is 3.01. The Hall–Kier alpha value is -2.05. The van der Waals surface area contributed by atoms with E-state index in [1.165, 1.54) is 10.8 Å². The van der Waals surface area contributed by atoms with E-state index in [4.69, 9.17) is 0 Å². The van der Waals surface area contributed by atoms with Crippen LogP contribution in [-0.2, 0) is 26.2 Å². The Balaban J connectivity index is -0.000000391. The number of hydrogen-bond donors (Lipinski definition) is 0. The molecule has 6 aromatic rings. The Kier molecular flexibility index (Phi) is 35.1. The van der Waals surface area contributed by atoms with Crippen molar-refractivity contribution in [1.82, 2.24) is 0 Å². The van der Waals surface area contributed by atoms with E-state index in [-0.39, 0.29) is 51.0 Å². The minimum absolute atomic E-state index is 0. The smallest absolute Gasteiger partial charge is 0.0307 e. The summed E-state index contributed by atoms with van der Waals surface area (Å²) in [4.78, 5) is 0. The van der Waals surface area contributed by atoms with Crippen LogP contribution in [0, 0.1) is 24.0 Å². The second kappa shape index (κ2) is 33.0. The molecule has 38 heavy (non-hydrogen) atoms. The summed E-state index contributed by atoms with van der Waals surface area (Å²) >= 11 is 0. The van der Waals surface area contributed by atoms with Crippen LogP contribution in [-0.4, -0.2) is 9.52 Å². The van der Waals surface area contributed by atoms with Crippen molar-refractivity contribution >= 4 is 53.3 Å². The SMILES string of the molecule is C[Si]C.Cl.Cl.[Zr].[c-]1ccc[pH]1.[c-]1ccccc1.[c-]1ccccc1.[c-]1ccccc1.c1ccc2[cH-]ccc2c1. The molecule has 2 radical (unpaired) electrons. The van der Waals surface area contributed by atoms with Gasteiger partial charge in [-0.2, -0.15) is 144 Å². The van der Waals surface area contributed by atoms with E-state index in [0.717, 1.165) is 17.7 Å². The third-order valence-corrected chi connectivity index (χ3v) is 4.50.